The normalized spacial score (nSPS) is 11.0. The van der Waals surface area contributed by atoms with E-state index in [1.54, 1.807) is 30.3 Å². The average Bonchev–Trinajstić information content (AvgIpc) is 2.65. The standard InChI is InChI=1S/C21H14O5/c1-25-21(24)15-5-3-2-4-14(15)20-16-8-6-12(22)10-18(16)26-19-11-13(23)7-9-17(19)20/h2-11,22H,1H3. The highest BCUT2D eigenvalue weighted by atomic mass is 16.5. The molecule has 1 N–H and O–H groups in total. The van der Waals surface area contributed by atoms with Crippen LogP contribution in [0.1, 0.15) is 10.4 Å². The van der Waals surface area contributed by atoms with E-state index in [9.17, 15) is 14.7 Å². The fourth-order valence-corrected chi connectivity index (χ4v) is 3.14. The second-order valence-corrected chi connectivity index (χ2v) is 5.85. The number of methoxy groups -OCH3 is 1. The maximum Gasteiger partial charge on any atom is 0.338 e. The van der Waals surface area contributed by atoms with Gasteiger partial charge in [0.1, 0.15) is 17.1 Å². The Morgan fingerprint density at radius 2 is 1.81 bits per heavy atom. The first kappa shape index (κ1) is 15.9. The van der Waals surface area contributed by atoms with Crippen molar-refractivity contribution in [2.75, 3.05) is 7.11 Å². The first-order valence-corrected chi connectivity index (χ1v) is 7.96. The summed E-state index contributed by atoms with van der Waals surface area (Å²) in [5, 5.41) is 10.5. The number of fused-ring (bicyclic) bond motifs is 2. The van der Waals surface area contributed by atoms with Crippen LogP contribution in [0.3, 0.4) is 0 Å². The van der Waals surface area contributed by atoms with Crippen LogP contribution in [-0.4, -0.2) is 18.2 Å². The van der Waals surface area contributed by atoms with Gasteiger partial charge in [-0.25, -0.2) is 4.79 Å². The molecule has 0 fully saturated rings. The van der Waals surface area contributed by atoms with Gasteiger partial charge in [-0.05, 0) is 35.9 Å². The molecule has 0 aromatic heterocycles. The van der Waals surface area contributed by atoms with E-state index < -0.39 is 5.97 Å². The Bertz CT molecular complexity index is 1170. The van der Waals surface area contributed by atoms with Crippen LogP contribution < -0.4 is 5.43 Å². The summed E-state index contributed by atoms with van der Waals surface area (Å²) in [6.07, 6.45) is 0. The zero-order valence-corrected chi connectivity index (χ0v) is 13.9. The largest absolute Gasteiger partial charge is 0.508 e. The predicted molar refractivity (Wildman–Crippen MR) is 97.5 cm³/mol. The summed E-state index contributed by atoms with van der Waals surface area (Å²) < 4.78 is 10.7. The lowest BCUT2D eigenvalue weighted by Gasteiger charge is -2.17. The summed E-state index contributed by atoms with van der Waals surface area (Å²) >= 11 is 0. The van der Waals surface area contributed by atoms with Gasteiger partial charge < -0.3 is 14.3 Å². The highest BCUT2D eigenvalue weighted by Gasteiger charge is 2.21. The lowest BCUT2D eigenvalue weighted by Crippen LogP contribution is -2.05. The Labute approximate surface area is 148 Å². The number of hydrogen-bond acceptors (Lipinski definition) is 5. The quantitative estimate of drug-likeness (QED) is 0.437. The fraction of sp³-hybridized carbons (Fsp3) is 0.0476. The summed E-state index contributed by atoms with van der Waals surface area (Å²) in [4.78, 5) is 24.0. The molecule has 2 aliphatic rings. The number of esters is 1. The molecule has 5 heteroatoms. The maximum absolute atomic E-state index is 12.3. The summed E-state index contributed by atoms with van der Waals surface area (Å²) in [5.74, 6) is -0.0294. The van der Waals surface area contributed by atoms with E-state index in [1.165, 1.54) is 25.3 Å². The van der Waals surface area contributed by atoms with E-state index in [-0.39, 0.29) is 11.2 Å². The molecule has 0 radical (unpaired) electrons. The van der Waals surface area contributed by atoms with Crippen LogP contribution in [0, 0.1) is 0 Å². The van der Waals surface area contributed by atoms with Gasteiger partial charge in [-0.3, -0.25) is 4.79 Å². The summed E-state index contributed by atoms with van der Waals surface area (Å²) in [5.41, 5.74) is 2.73. The molecule has 5 nitrogen and oxygen atoms in total. The van der Waals surface area contributed by atoms with Gasteiger partial charge in [0, 0.05) is 28.6 Å². The maximum atomic E-state index is 12.3. The summed E-state index contributed by atoms with van der Waals surface area (Å²) in [7, 11) is 1.33. The molecular weight excluding hydrogens is 332 g/mol. The second-order valence-electron chi connectivity index (χ2n) is 5.85. The highest BCUT2D eigenvalue weighted by molar-refractivity contribution is 6.07. The molecule has 2 aromatic carbocycles. The Kier molecular flexibility index (Phi) is 3.69. The Balaban J connectivity index is 2.18. The predicted octanol–water partition coefficient (Wildman–Crippen LogP) is 4.06. The number of carbonyl (C=O) groups excluding carboxylic acids is 1. The Hall–Kier alpha value is -3.60. The van der Waals surface area contributed by atoms with Crippen LogP contribution >= 0.6 is 0 Å². The molecular formula is C21H14O5. The number of hydrogen-bond donors (Lipinski definition) is 1. The number of rotatable bonds is 2. The smallest absolute Gasteiger partial charge is 0.338 e. The molecule has 0 bridgehead atoms. The number of phenolic OH excluding ortho intramolecular Hbond substituents is 1. The molecule has 26 heavy (non-hydrogen) atoms. The van der Waals surface area contributed by atoms with Crippen LogP contribution in [0.2, 0.25) is 0 Å². The van der Waals surface area contributed by atoms with Gasteiger partial charge in [0.2, 0.25) is 0 Å². The van der Waals surface area contributed by atoms with E-state index in [1.807, 2.05) is 12.1 Å². The topological polar surface area (TPSA) is 76.7 Å². The van der Waals surface area contributed by atoms with Crippen molar-refractivity contribution in [3.05, 3.63) is 76.5 Å². The van der Waals surface area contributed by atoms with E-state index in [4.69, 9.17) is 9.15 Å². The summed E-state index contributed by atoms with van der Waals surface area (Å²) in [6.45, 7) is 0. The first-order valence-electron chi connectivity index (χ1n) is 7.96. The minimum Gasteiger partial charge on any atom is -0.508 e. The third kappa shape index (κ3) is 2.50. The van der Waals surface area contributed by atoms with Crippen molar-refractivity contribution < 1.29 is 19.1 Å². The molecule has 1 aliphatic heterocycles. The van der Waals surface area contributed by atoms with Crippen LogP contribution in [0.5, 0.6) is 5.75 Å². The molecule has 4 rings (SSSR count). The minimum absolute atomic E-state index is 0.0473. The van der Waals surface area contributed by atoms with Crippen LogP contribution in [-0.2, 0) is 4.74 Å². The highest BCUT2D eigenvalue weighted by Crippen LogP contribution is 2.41. The van der Waals surface area contributed by atoms with Crippen molar-refractivity contribution in [2.45, 2.75) is 0 Å². The van der Waals surface area contributed by atoms with Gasteiger partial charge >= 0.3 is 5.97 Å². The van der Waals surface area contributed by atoms with Crippen LogP contribution in [0.15, 0.2) is 69.9 Å². The van der Waals surface area contributed by atoms with Crippen molar-refractivity contribution >= 4 is 16.9 Å². The fourth-order valence-electron chi connectivity index (χ4n) is 3.14. The van der Waals surface area contributed by atoms with Gasteiger partial charge in [-0.1, -0.05) is 18.2 Å². The third-order valence-corrected chi connectivity index (χ3v) is 4.28. The lowest BCUT2D eigenvalue weighted by molar-refractivity contribution is 0.0601. The molecule has 1 heterocycles. The molecule has 1 aliphatic carbocycles. The van der Waals surface area contributed by atoms with Crippen molar-refractivity contribution in [3.8, 4) is 28.2 Å². The average molecular weight is 346 g/mol. The molecule has 0 atom stereocenters. The van der Waals surface area contributed by atoms with Gasteiger partial charge in [0.15, 0.2) is 5.43 Å². The van der Waals surface area contributed by atoms with E-state index in [0.717, 1.165) is 5.56 Å². The lowest BCUT2D eigenvalue weighted by atomic mass is 9.91. The Morgan fingerprint density at radius 3 is 2.62 bits per heavy atom. The molecule has 128 valence electrons. The van der Waals surface area contributed by atoms with Crippen LogP contribution in [0.25, 0.3) is 33.4 Å². The molecule has 0 unspecified atom stereocenters. The van der Waals surface area contributed by atoms with Crippen molar-refractivity contribution in [3.63, 3.8) is 0 Å². The summed E-state index contributed by atoms with van der Waals surface area (Å²) in [6, 6.07) is 16.4. The number of ether oxygens (including phenoxy) is 1. The van der Waals surface area contributed by atoms with Gasteiger partial charge in [-0.2, -0.15) is 0 Å². The van der Waals surface area contributed by atoms with E-state index >= 15 is 0 Å². The van der Waals surface area contributed by atoms with Crippen molar-refractivity contribution in [1.82, 2.24) is 0 Å². The van der Waals surface area contributed by atoms with Crippen molar-refractivity contribution in [2.24, 2.45) is 0 Å². The zero-order chi connectivity index (χ0) is 18.3. The van der Waals surface area contributed by atoms with Crippen LogP contribution in [0.4, 0.5) is 0 Å². The monoisotopic (exact) mass is 346 g/mol. The number of benzene rings is 3. The molecule has 0 saturated carbocycles. The Morgan fingerprint density at radius 1 is 1.00 bits per heavy atom. The van der Waals surface area contributed by atoms with Crippen molar-refractivity contribution in [1.29, 1.82) is 0 Å². The first-order chi connectivity index (χ1) is 12.6. The SMILES string of the molecule is COC(=O)c1ccccc1-c1c2ccc(=O)cc-2oc2cc(O)ccc12. The molecule has 0 spiro atoms. The second kappa shape index (κ2) is 6.04. The van der Waals surface area contributed by atoms with E-state index in [0.29, 0.717) is 33.4 Å². The zero-order valence-electron chi connectivity index (χ0n) is 13.9. The van der Waals surface area contributed by atoms with Gasteiger partial charge in [-0.15, -0.1) is 0 Å². The minimum atomic E-state index is -0.457. The third-order valence-electron chi connectivity index (χ3n) is 4.28. The molecule has 2 aromatic rings. The number of phenols is 1. The van der Waals surface area contributed by atoms with Gasteiger partial charge in [0.25, 0.3) is 0 Å². The molecule has 0 saturated heterocycles. The number of aromatic hydroxyl groups is 1. The number of carbonyl (C=O) groups is 1. The molecule has 0 amide bonds. The van der Waals surface area contributed by atoms with Gasteiger partial charge in [0.05, 0.1) is 12.7 Å². The van der Waals surface area contributed by atoms with E-state index in [2.05, 4.69) is 0 Å².